The summed E-state index contributed by atoms with van der Waals surface area (Å²) < 4.78 is 12.4. The molecule has 4 fully saturated rings. The van der Waals surface area contributed by atoms with E-state index in [2.05, 4.69) is 6.92 Å². The Morgan fingerprint density at radius 2 is 1.68 bits per heavy atom. The van der Waals surface area contributed by atoms with Gasteiger partial charge in [-0.05, 0) is 115 Å². The van der Waals surface area contributed by atoms with Crippen molar-refractivity contribution in [3.8, 4) is 0 Å². The number of ketones is 1. The molecule has 7 heteroatoms. The van der Waals surface area contributed by atoms with Crippen LogP contribution < -0.4 is 0 Å². The molecule has 0 radical (unpaired) electrons. The summed E-state index contributed by atoms with van der Waals surface area (Å²) in [5, 5.41) is 45.3. The number of carbonyl (C=O) groups excluding carboxylic acids is 1. The minimum atomic E-state index is -1.43. The Labute approximate surface area is 221 Å². The van der Waals surface area contributed by atoms with Crippen LogP contribution in [0.4, 0.5) is 0 Å². The van der Waals surface area contributed by atoms with Gasteiger partial charge in [0, 0.05) is 11.3 Å². The quantitative estimate of drug-likeness (QED) is 0.437. The van der Waals surface area contributed by atoms with Gasteiger partial charge in [0.05, 0.1) is 35.1 Å². The lowest BCUT2D eigenvalue weighted by Crippen LogP contribution is -2.62. The molecule has 0 aromatic rings. The SMILES string of the molecule is CC(C)(O)CCC(O)[C@](C)(O)C1CCC2(O)C3=CC(=O)C4CC5OC(C)(C)OC5CC4(C)C3CCC12C. The summed E-state index contributed by atoms with van der Waals surface area (Å²) >= 11 is 0. The zero-order valence-corrected chi connectivity index (χ0v) is 23.7. The van der Waals surface area contributed by atoms with Crippen molar-refractivity contribution in [1.82, 2.24) is 0 Å². The van der Waals surface area contributed by atoms with Gasteiger partial charge >= 0.3 is 0 Å². The Kier molecular flexibility index (Phi) is 6.25. The molecule has 210 valence electrons. The highest BCUT2D eigenvalue weighted by molar-refractivity contribution is 5.95. The molecular formula is C30H48O7. The van der Waals surface area contributed by atoms with E-state index in [1.807, 2.05) is 20.8 Å². The molecule has 1 saturated heterocycles. The van der Waals surface area contributed by atoms with E-state index >= 15 is 0 Å². The number of allylic oxidation sites excluding steroid dienone is 1. The average Bonchev–Trinajstić information content (AvgIpc) is 3.21. The second kappa shape index (κ2) is 8.34. The molecule has 1 heterocycles. The van der Waals surface area contributed by atoms with Crippen molar-refractivity contribution in [3.63, 3.8) is 0 Å². The van der Waals surface area contributed by atoms with E-state index in [-0.39, 0.29) is 47.6 Å². The topological polar surface area (TPSA) is 116 Å². The maximum atomic E-state index is 13.6. The smallest absolute Gasteiger partial charge is 0.163 e. The van der Waals surface area contributed by atoms with Crippen LogP contribution in [0.1, 0.15) is 99.8 Å². The Hall–Kier alpha value is -0.830. The average molecular weight is 521 g/mol. The molecule has 10 atom stereocenters. The standard InChI is InChI=1S/C30H48O7/c1-25(2,33)11-10-24(32)29(7,34)23-9-13-30(35)18-14-20(31)19-15-21-22(37-26(3,4)36-21)16-27(19,5)17(18)8-12-28(23,30)6/h14,17,19,21-24,32-35H,8-13,15-16H2,1-7H3/t17?,19?,21?,22?,23?,24?,27?,28?,29-,30?/m1/s1. The second-order valence-electron chi connectivity index (χ2n) is 14.8. The molecular weight excluding hydrogens is 472 g/mol. The summed E-state index contributed by atoms with van der Waals surface area (Å²) in [5.74, 6) is -1.02. The van der Waals surface area contributed by atoms with Crippen LogP contribution in [0.2, 0.25) is 0 Å². The highest BCUT2D eigenvalue weighted by Gasteiger charge is 2.69. The van der Waals surface area contributed by atoms with Gasteiger partial charge in [0.2, 0.25) is 0 Å². The van der Waals surface area contributed by atoms with Crippen LogP contribution in [-0.2, 0) is 14.3 Å². The molecule has 3 saturated carbocycles. The van der Waals surface area contributed by atoms with Gasteiger partial charge in [-0.3, -0.25) is 4.79 Å². The van der Waals surface area contributed by atoms with Crippen LogP contribution in [-0.4, -0.2) is 67.1 Å². The number of rotatable bonds is 5. The van der Waals surface area contributed by atoms with Gasteiger partial charge in [-0.25, -0.2) is 0 Å². The van der Waals surface area contributed by atoms with E-state index in [1.165, 1.54) is 0 Å². The Balaban J connectivity index is 1.44. The molecule has 4 N–H and O–H groups in total. The van der Waals surface area contributed by atoms with Gasteiger partial charge < -0.3 is 29.9 Å². The number of aliphatic hydroxyl groups excluding tert-OH is 1. The lowest BCUT2D eigenvalue weighted by Gasteiger charge is -2.60. The Bertz CT molecular complexity index is 979. The predicted molar refractivity (Wildman–Crippen MR) is 138 cm³/mol. The molecule has 0 spiro atoms. The van der Waals surface area contributed by atoms with Gasteiger partial charge in [-0.15, -0.1) is 0 Å². The third-order valence-electron chi connectivity index (χ3n) is 11.4. The first kappa shape index (κ1) is 27.7. The first-order chi connectivity index (χ1) is 16.8. The zero-order valence-electron chi connectivity index (χ0n) is 23.7. The third-order valence-corrected chi connectivity index (χ3v) is 11.4. The summed E-state index contributed by atoms with van der Waals surface area (Å²) in [5.41, 5.74) is -3.75. The van der Waals surface area contributed by atoms with Crippen LogP contribution in [0.15, 0.2) is 11.6 Å². The fourth-order valence-corrected chi connectivity index (χ4v) is 9.28. The lowest BCUT2D eigenvalue weighted by atomic mass is 9.45. The Morgan fingerprint density at radius 1 is 1.03 bits per heavy atom. The van der Waals surface area contributed by atoms with E-state index in [0.717, 1.165) is 18.4 Å². The zero-order chi connectivity index (χ0) is 27.4. The van der Waals surface area contributed by atoms with Crippen molar-refractivity contribution in [2.45, 2.75) is 141 Å². The van der Waals surface area contributed by atoms with Crippen LogP contribution in [0.25, 0.3) is 0 Å². The Morgan fingerprint density at radius 3 is 2.32 bits per heavy atom. The highest BCUT2D eigenvalue weighted by Crippen LogP contribution is 2.69. The van der Waals surface area contributed by atoms with Crippen LogP contribution >= 0.6 is 0 Å². The summed E-state index contributed by atoms with van der Waals surface area (Å²) in [7, 11) is 0. The minimum Gasteiger partial charge on any atom is -0.390 e. The van der Waals surface area contributed by atoms with Gasteiger partial charge in [-0.2, -0.15) is 0 Å². The van der Waals surface area contributed by atoms with Crippen LogP contribution in [0, 0.1) is 28.6 Å². The molecule has 4 aliphatic carbocycles. The molecule has 9 unspecified atom stereocenters. The fourth-order valence-electron chi connectivity index (χ4n) is 9.28. The molecule has 0 aromatic carbocycles. The van der Waals surface area contributed by atoms with Crippen molar-refractivity contribution in [2.24, 2.45) is 28.6 Å². The van der Waals surface area contributed by atoms with E-state index in [9.17, 15) is 25.2 Å². The van der Waals surface area contributed by atoms with Crippen molar-refractivity contribution in [2.75, 3.05) is 0 Å². The first-order valence-corrected chi connectivity index (χ1v) is 14.3. The van der Waals surface area contributed by atoms with Gasteiger partial charge in [0.1, 0.15) is 0 Å². The molecule has 1 aliphatic heterocycles. The maximum absolute atomic E-state index is 13.6. The van der Waals surface area contributed by atoms with Crippen LogP contribution in [0.3, 0.4) is 0 Å². The maximum Gasteiger partial charge on any atom is 0.163 e. The molecule has 0 amide bonds. The van der Waals surface area contributed by atoms with Crippen LogP contribution in [0.5, 0.6) is 0 Å². The summed E-state index contributed by atoms with van der Waals surface area (Å²) in [6.07, 6.45) is 5.11. The first-order valence-electron chi connectivity index (χ1n) is 14.3. The lowest BCUT2D eigenvalue weighted by molar-refractivity contribution is -0.174. The number of aliphatic hydroxyl groups is 4. The largest absolute Gasteiger partial charge is 0.390 e. The van der Waals surface area contributed by atoms with Gasteiger partial charge in [0.15, 0.2) is 11.6 Å². The van der Waals surface area contributed by atoms with Crippen molar-refractivity contribution in [1.29, 1.82) is 0 Å². The normalized spacial score (nSPS) is 47.3. The summed E-state index contributed by atoms with van der Waals surface area (Å²) in [6.45, 7) is 13.2. The fraction of sp³-hybridized carbons (Fsp3) is 0.900. The molecule has 5 rings (SSSR count). The van der Waals surface area contributed by atoms with Gasteiger partial charge in [0.25, 0.3) is 0 Å². The number of hydrogen-bond acceptors (Lipinski definition) is 7. The van der Waals surface area contributed by atoms with Crippen molar-refractivity contribution >= 4 is 5.78 Å². The van der Waals surface area contributed by atoms with E-state index in [4.69, 9.17) is 9.47 Å². The molecule has 5 aliphatic rings. The molecule has 7 nitrogen and oxygen atoms in total. The predicted octanol–water partition coefficient (Wildman–Crippen LogP) is 3.65. The number of carbonyl (C=O) groups is 1. The minimum absolute atomic E-state index is 0.0605. The van der Waals surface area contributed by atoms with Gasteiger partial charge in [-0.1, -0.05) is 13.8 Å². The second-order valence-corrected chi connectivity index (χ2v) is 14.8. The monoisotopic (exact) mass is 520 g/mol. The molecule has 0 aromatic heterocycles. The number of ether oxygens (including phenoxy) is 2. The van der Waals surface area contributed by atoms with Crippen molar-refractivity contribution in [3.05, 3.63) is 11.6 Å². The summed E-state index contributed by atoms with van der Waals surface area (Å²) in [4.78, 5) is 13.6. The van der Waals surface area contributed by atoms with Crippen molar-refractivity contribution < 1.29 is 34.7 Å². The molecule has 0 bridgehead atoms. The van der Waals surface area contributed by atoms with E-state index in [0.29, 0.717) is 32.1 Å². The number of fused-ring (bicyclic) bond motifs is 6. The number of hydrogen-bond donors (Lipinski definition) is 4. The van der Waals surface area contributed by atoms with E-state index in [1.54, 1.807) is 26.8 Å². The van der Waals surface area contributed by atoms with E-state index < -0.39 is 34.1 Å². The summed E-state index contributed by atoms with van der Waals surface area (Å²) in [6, 6.07) is 0. The highest BCUT2D eigenvalue weighted by atomic mass is 16.7. The third kappa shape index (κ3) is 4.10. The molecule has 37 heavy (non-hydrogen) atoms.